The molecule has 604 valence electrons. The van der Waals surface area contributed by atoms with E-state index >= 15 is 0 Å². The van der Waals surface area contributed by atoms with E-state index < -0.39 is 247 Å². The molecule has 16 amide bonds. The number of hydrogen-bond donors (Lipinski definition) is 26. The lowest BCUT2D eigenvalue weighted by Gasteiger charge is -2.28. The Kier molecular flexibility index (Phi) is 41.7. The van der Waals surface area contributed by atoms with Crippen molar-refractivity contribution in [2.75, 3.05) is 42.6 Å². The van der Waals surface area contributed by atoms with Crippen molar-refractivity contribution in [2.45, 2.75) is 204 Å². The molecule has 22 N–H and O–H groups in total. The molecular weight excluding hydrogens is 1500 g/mol. The van der Waals surface area contributed by atoms with E-state index in [1.807, 2.05) is 0 Å². The molecule has 0 unspecified atom stereocenters. The molecule has 0 aliphatic carbocycles. The van der Waals surface area contributed by atoms with Gasteiger partial charge in [0.15, 0.2) is 0 Å². The minimum absolute atomic E-state index is 0.141. The largest absolute Gasteiger partial charge is 0.508 e. The van der Waals surface area contributed by atoms with Gasteiger partial charge < -0.3 is 116 Å². The van der Waals surface area contributed by atoms with Gasteiger partial charge in [-0.3, -0.25) is 81.5 Å². The number of benzene rings is 1. The van der Waals surface area contributed by atoms with Crippen LogP contribution in [0.1, 0.15) is 100.0 Å². The number of aliphatic hydroxyl groups excluding tert-OH is 2. The Hall–Kier alpha value is -9.24. The maximum absolute atomic E-state index is 14.0. The number of phenolic OH excluding ortho intramolecular Hbond substituents is 1. The highest BCUT2D eigenvalue weighted by atomic mass is 32.1. The number of nitrogens with one attached hydrogen (secondary N) is 17. The van der Waals surface area contributed by atoms with Crippen LogP contribution in [0, 0.1) is 5.92 Å². The van der Waals surface area contributed by atoms with Crippen LogP contribution in [-0.4, -0.2) is 277 Å². The van der Waals surface area contributed by atoms with Gasteiger partial charge in [0.2, 0.25) is 94.5 Å². The molecule has 0 spiro atoms. The fourth-order valence-electron chi connectivity index (χ4n) is 9.71. The van der Waals surface area contributed by atoms with Crippen molar-refractivity contribution in [1.82, 2.24) is 90.4 Å². The Morgan fingerprint density at radius 2 is 0.787 bits per heavy atom. The minimum Gasteiger partial charge on any atom is -0.508 e. The van der Waals surface area contributed by atoms with Gasteiger partial charge >= 0.3 is 11.9 Å². The number of carboxylic acids is 2. The molecule has 1 aromatic carbocycles. The molecule has 0 bridgehead atoms. The van der Waals surface area contributed by atoms with E-state index in [9.17, 15) is 107 Å². The van der Waals surface area contributed by atoms with Gasteiger partial charge in [0.1, 0.15) is 90.3 Å². The Labute approximate surface area is 643 Å². The first-order valence-electron chi connectivity index (χ1n) is 34.2. The normalized spacial score (nSPS) is 17.1. The van der Waals surface area contributed by atoms with E-state index in [1.165, 1.54) is 65.8 Å². The summed E-state index contributed by atoms with van der Waals surface area (Å²) in [6, 6.07) is -16.1. The summed E-state index contributed by atoms with van der Waals surface area (Å²) in [5.41, 5.74) is 0.391. The van der Waals surface area contributed by atoms with Crippen LogP contribution in [0.5, 0.6) is 5.75 Å². The summed E-state index contributed by atoms with van der Waals surface area (Å²) in [5, 5.41) is 89.8. The molecule has 1 fully saturated rings. The molecule has 0 radical (unpaired) electrons. The van der Waals surface area contributed by atoms with Crippen molar-refractivity contribution in [2.24, 2.45) is 5.92 Å². The molecule has 40 nitrogen and oxygen atoms in total. The van der Waals surface area contributed by atoms with E-state index in [0.29, 0.717) is 18.5 Å². The first kappa shape index (κ1) is 94.8. The van der Waals surface area contributed by atoms with Crippen molar-refractivity contribution in [3.8, 4) is 5.75 Å². The molecule has 44 heteroatoms. The van der Waals surface area contributed by atoms with Crippen LogP contribution in [0.3, 0.4) is 0 Å². The zero-order chi connectivity index (χ0) is 82.0. The number of aliphatic hydroxyl groups is 2. The van der Waals surface area contributed by atoms with Gasteiger partial charge in [0.25, 0.3) is 0 Å². The summed E-state index contributed by atoms with van der Waals surface area (Å²) < 4.78 is 0. The summed E-state index contributed by atoms with van der Waals surface area (Å²) >= 11 is 16.2. The van der Waals surface area contributed by atoms with Crippen LogP contribution in [-0.2, 0) is 92.7 Å². The van der Waals surface area contributed by atoms with Crippen LogP contribution in [0.15, 0.2) is 24.3 Å². The average Bonchev–Trinajstić information content (AvgIpc) is 1.00. The van der Waals surface area contributed by atoms with Gasteiger partial charge in [-0.15, -0.1) is 0 Å². The summed E-state index contributed by atoms with van der Waals surface area (Å²) in [6.45, 7) is 11.0. The van der Waals surface area contributed by atoms with Crippen LogP contribution >= 0.6 is 50.5 Å². The molecule has 108 heavy (non-hydrogen) atoms. The predicted molar refractivity (Wildman–Crippen MR) is 397 cm³/mol. The fraction of sp³-hybridized carbons (Fsp3) is 0.625. The number of hydrogen-bond acceptors (Lipinski definition) is 26. The number of amides is 16. The monoisotopic (exact) mass is 1600 g/mol. The molecule has 0 saturated carbocycles. The van der Waals surface area contributed by atoms with Gasteiger partial charge in [0.05, 0.1) is 31.3 Å². The molecule has 1 saturated heterocycles. The molecular formula is C64H101N17O23S4. The Bertz CT molecular complexity index is 3360. The molecule has 2 rings (SSSR count). The highest BCUT2D eigenvalue weighted by Crippen LogP contribution is 2.14. The van der Waals surface area contributed by atoms with Gasteiger partial charge in [-0.1, -0.05) is 32.4 Å². The molecule has 1 aromatic rings. The van der Waals surface area contributed by atoms with Crippen LogP contribution in [0.2, 0.25) is 0 Å². The third-order valence-electron chi connectivity index (χ3n) is 16.5. The molecule has 1 aliphatic heterocycles. The van der Waals surface area contributed by atoms with E-state index in [2.05, 4.69) is 141 Å². The number of carbonyl (C=O) groups is 18. The Morgan fingerprint density at radius 1 is 0.426 bits per heavy atom. The smallest absolute Gasteiger partial charge is 0.327 e. The molecule has 18 atom stereocenters. The second kappa shape index (κ2) is 47.5. The first-order valence-corrected chi connectivity index (χ1v) is 36.7. The maximum Gasteiger partial charge on any atom is 0.327 e. The van der Waals surface area contributed by atoms with Crippen LogP contribution < -0.4 is 90.4 Å². The predicted octanol–water partition coefficient (Wildman–Crippen LogP) is -8.72. The number of thiol groups is 4. The van der Waals surface area contributed by atoms with Gasteiger partial charge in [-0.05, 0) is 97.9 Å². The maximum atomic E-state index is 14.0. The van der Waals surface area contributed by atoms with Gasteiger partial charge in [-0.25, -0.2) is 4.79 Å². The fourth-order valence-corrected chi connectivity index (χ4v) is 10.7. The SMILES string of the molecule is CC[C@H](C)[C@H](NC(=O)[C@H](C)NC(=O)[C@H](CCC(=O)O)NC(=O)[C@H](CS)NC(=O)[C@@H](NC(=O)CNC(=O)[C@@H]1CCCN1)[C@@H](C)O)C(=O)N[C@@H](CS)C(=O)N[C@@H](C)C(=O)N[C@@H](C)C(=O)N[C@@H](Cc1ccc(O)cc1)C(=O)N[C@@H](C)C(=O)N[C@@H](C)C(=O)N[C@@H](CS)C(=O)N[C@H](C(=O)NCC(=O)N[C@@H](CS)C(=O)O)[C@@H](C)O. The van der Waals surface area contributed by atoms with E-state index in [-0.39, 0.29) is 35.8 Å². The molecule has 1 aliphatic rings. The Morgan fingerprint density at radius 3 is 1.22 bits per heavy atom. The van der Waals surface area contributed by atoms with E-state index in [1.54, 1.807) is 13.8 Å². The zero-order valence-electron chi connectivity index (χ0n) is 60.8. The standard InChI is InChI=1S/C64H101N17O23S4/c1-10-27(2)47(80-54(93)32(7)70-56(95)38(17-18-46(87)88)74-59(98)41(24-106)78-63(102)49(34(9)83)79-45(86)22-66-55(94)37-12-11-19-65-37)62(101)77-40(23-105)58(97)72-29(4)51(90)68-30(5)52(91)75-39(20-35-13-15-36(84)16-14-35)57(96)71-28(3)50(89)69-31(6)53(92)76-42(25-107)60(99)81-48(33(8)82)61(100)67-21-44(85)73-43(26-108)64(103)104/h13-16,27-34,37-43,47-49,65,82-84,105-108H,10-12,17-26H2,1-9H3,(H,66,94)(H,67,100)(H,68,90)(H,69,89)(H,70,95)(H,71,96)(H,72,97)(H,73,85)(H,74,98)(H,75,91)(H,76,92)(H,77,101)(H,78,102)(H,79,86)(H,80,93)(H,81,99)(H,87,88)(H,103,104)/t27-,28-,29-,30-,31-,32-,33+,34+,37-,38-,39-,40-,41-,42-,43-,47-,48-,49-/m0/s1. The third-order valence-corrected chi connectivity index (χ3v) is 17.9. The van der Waals surface area contributed by atoms with Gasteiger partial charge in [-0.2, -0.15) is 50.5 Å². The Balaban J connectivity index is 2.12. The lowest BCUT2D eigenvalue weighted by atomic mass is 9.97. The summed E-state index contributed by atoms with van der Waals surface area (Å²) in [4.78, 5) is 236. The number of carboxylic acid groups (broad SMARTS) is 2. The van der Waals surface area contributed by atoms with Crippen LogP contribution in [0.25, 0.3) is 0 Å². The second-order valence-electron chi connectivity index (χ2n) is 25.4. The third kappa shape index (κ3) is 32.7. The van der Waals surface area contributed by atoms with Gasteiger partial charge in [0, 0.05) is 35.9 Å². The second-order valence-corrected chi connectivity index (χ2v) is 26.9. The molecule has 0 aromatic heterocycles. The number of rotatable bonds is 46. The highest BCUT2D eigenvalue weighted by Gasteiger charge is 2.38. The number of aromatic hydroxyl groups is 1. The zero-order valence-corrected chi connectivity index (χ0v) is 64.3. The summed E-state index contributed by atoms with van der Waals surface area (Å²) in [5.74, 6) is -20.2. The van der Waals surface area contributed by atoms with E-state index in [4.69, 9.17) is 5.11 Å². The minimum atomic E-state index is -1.69. The van der Waals surface area contributed by atoms with E-state index in [0.717, 1.165) is 13.3 Å². The van der Waals surface area contributed by atoms with Crippen molar-refractivity contribution >= 4 is 157 Å². The first-order chi connectivity index (χ1) is 50.6. The number of carbonyl (C=O) groups excluding carboxylic acids is 16. The summed E-state index contributed by atoms with van der Waals surface area (Å²) in [7, 11) is 0. The summed E-state index contributed by atoms with van der Waals surface area (Å²) in [6.07, 6.45) is -3.03. The number of aliphatic carboxylic acids is 2. The van der Waals surface area contributed by atoms with Crippen molar-refractivity contribution in [1.29, 1.82) is 0 Å². The number of phenols is 1. The van der Waals surface area contributed by atoms with Crippen molar-refractivity contribution in [3.05, 3.63) is 29.8 Å². The quantitative estimate of drug-likeness (QED) is 0.0270. The topological polar surface area (TPSA) is 613 Å². The van der Waals surface area contributed by atoms with Crippen molar-refractivity contribution in [3.63, 3.8) is 0 Å². The highest BCUT2D eigenvalue weighted by molar-refractivity contribution is 7.80. The lowest BCUT2D eigenvalue weighted by molar-refractivity contribution is -0.141. The lowest BCUT2D eigenvalue weighted by Crippen LogP contribution is -2.61. The average molecular weight is 1600 g/mol. The van der Waals surface area contributed by atoms with Crippen LogP contribution in [0.4, 0.5) is 0 Å². The molecule has 1 heterocycles. The van der Waals surface area contributed by atoms with Crippen molar-refractivity contribution < 1.29 is 112 Å².